The van der Waals surface area contributed by atoms with Crippen molar-refractivity contribution in [1.29, 1.82) is 0 Å². The second kappa shape index (κ2) is 9.44. The van der Waals surface area contributed by atoms with Crippen molar-refractivity contribution >= 4 is 33.3 Å². The number of benzene rings is 4. The maximum Gasteiger partial charge on any atom is 0.339 e. The molecule has 2 fully saturated rings. The maximum absolute atomic E-state index is 13.8. The Morgan fingerprint density at radius 2 is 1.21 bits per heavy atom. The van der Waals surface area contributed by atoms with Crippen LogP contribution >= 0.6 is 0 Å². The highest BCUT2D eigenvalue weighted by atomic mass is 32.2. The van der Waals surface area contributed by atoms with Gasteiger partial charge < -0.3 is 4.18 Å². The lowest BCUT2D eigenvalue weighted by atomic mass is 9.90. The van der Waals surface area contributed by atoms with E-state index in [9.17, 15) is 18.0 Å². The molecule has 2 aliphatic heterocycles. The third-order valence-corrected chi connectivity index (χ3v) is 7.86. The summed E-state index contributed by atoms with van der Waals surface area (Å²) >= 11 is 0. The van der Waals surface area contributed by atoms with Crippen molar-refractivity contribution in [2.45, 2.75) is 17.0 Å². The molecule has 0 spiro atoms. The smallest absolute Gasteiger partial charge is 0.339 e. The summed E-state index contributed by atoms with van der Waals surface area (Å²) in [6.45, 7) is 0. The lowest BCUT2D eigenvalue weighted by Gasteiger charge is -2.29. The fraction of sp³-hybridized carbons (Fsp3) is 0.103. The zero-order valence-corrected chi connectivity index (χ0v) is 20.8. The Bertz CT molecular complexity index is 1600. The summed E-state index contributed by atoms with van der Waals surface area (Å²) in [5, 5.41) is 1.50. The molecule has 0 radical (unpaired) electrons. The van der Waals surface area contributed by atoms with E-state index in [-0.39, 0.29) is 10.6 Å². The van der Waals surface area contributed by atoms with Gasteiger partial charge in [-0.3, -0.25) is 14.4 Å². The minimum Gasteiger partial charge on any atom is -0.379 e. The number of hydrogen-bond donors (Lipinski definition) is 0. The number of carbonyl (C=O) groups is 2. The number of hydrogen-bond acceptors (Lipinski definition) is 7. The summed E-state index contributed by atoms with van der Waals surface area (Å²) in [6.07, 6.45) is -1.09. The van der Waals surface area contributed by atoms with Crippen LogP contribution in [0.1, 0.15) is 11.6 Å². The summed E-state index contributed by atoms with van der Waals surface area (Å²) in [6, 6.07) is 31.3. The lowest BCUT2D eigenvalue weighted by molar-refractivity contribution is -0.126. The molecule has 2 amide bonds. The van der Waals surface area contributed by atoms with Crippen LogP contribution in [0.5, 0.6) is 5.75 Å². The Morgan fingerprint density at radius 3 is 1.87 bits per heavy atom. The van der Waals surface area contributed by atoms with Crippen molar-refractivity contribution in [3.8, 4) is 5.75 Å². The summed E-state index contributed by atoms with van der Waals surface area (Å²) in [5.41, 5.74) is 1.46. The first-order valence-corrected chi connectivity index (χ1v) is 13.4. The van der Waals surface area contributed by atoms with Gasteiger partial charge in [-0.15, -0.1) is 0 Å². The molecule has 0 saturated carbocycles. The molecule has 0 bridgehead atoms. The highest BCUT2D eigenvalue weighted by molar-refractivity contribution is 7.87. The SMILES string of the molecule is O=C1[C@H]2[C@@H](c3ccccc3OS(=O)(=O)c3ccccc3)N(c3ccccc3)O[C@H]2C(=O)N1c1ccccc1. The number of rotatable bonds is 6. The minimum atomic E-state index is -4.17. The maximum atomic E-state index is 13.8. The molecule has 190 valence electrons. The number of carbonyl (C=O) groups excluding carboxylic acids is 2. The van der Waals surface area contributed by atoms with Gasteiger partial charge in [0, 0.05) is 5.56 Å². The highest BCUT2D eigenvalue weighted by Gasteiger charge is 2.60. The third kappa shape index (κ3) is 4.02. The monoisotopic (exact) mass is 526 g/mol. The zero-order valence-electron chi connectivity index (χ0n) is 20.0. The van der Waals surface area contributed by atoms with Crippen LogP contribution in [0.4, 0.5) is 11.4 Å². The molecule has 8 nitrogen and oxygen atoms in total. The molecule has 4 aromatic rings. The topological polar surface area (TPSA) is 93.2 Å². The molecular formula is C29H22N2O6S. The Hall–Kier alpha value is -4.47. The first kappa shape index (κ1) is 23.9. The lowest BCUT2D eigenvalue weighted by Crippen LogP contribution is -2.37. The number of fused-ring (bicyclic) bond motifs is 1. The molecule has 6 rings (SSSR count). The van der Waals surface area contributed by atoms with Gasteiger partial charge in [0.1, 0.15) is 16.6 Å². The number of para-hydroxylation sites is 3. The summed E-state index contributed by atoms with van der Waals surface area (Å²) in [4.78, 5) is 34.6. The summed E-state index contributed by atoms with van der Waals surface area (Å²) < 4.78 is 31.8. The van der Waals surface area contributed by atoms with Gasteiger partial charge in [0.2, 0.25) is 5.91 Å². The average molecular weight is 527 g/mol. The number of anilines is 2. The molecule has 2 aliphatic rings. The van der Waals surface area contributed by atoms with Crippen LogP contribution in [-0.4, -0.2) is 26.3 Å². The third-order valence-electron chi connectivity index (χ3n) is 6.61. The van der Waals surface area contributed by atoms with Gasteiger partial charge >= 0.3 is 10.1 Å². The van der Waals surface area contributed by atoms with Gasteiger partial charge in [0.15, 0.2) is 6.10 Å². The van der Waals surface area contributed by atoms with Crippen LogP contribution in [0, 0.1) is 5.92 Å². The van der Waals surface area contributed by atoms with Crippen molar-refractivity contribution in [3.63, 3.8) is 0 Å². The van der Waals surface area contributed by atoms with Gasteiger partial charge in [-0.25, -0.2) is 9.96 Å². The van der Waals surface area contributed by atoms with Gasteiger partial charge in [-0.05, 0) is 42.5 Å². The quantitative estimate of drug-likeness (QED) is 0.270. The molecule has 9 heteroatoms. The summed E-state index contributed by atoms with van der Waals surface area (Å²) in [7, 11) is -4.17. The predicted molar refractivity (Wildman–Crippen MR) is 140 cm³/mol. The van der Waals surface area contributed by atoms with E-state index in [1.165, 1.54) is 23.3 Å². The molecule has 0 unspecified atom stereocenters. The standard InChI is InChI=1S/C29H22N2O6S/c32-28-25-26(23-18-10-11-19-24(23)37-38(34,35)22-16-8-3-9-17-22)31(21-14-6-2-7-15-21)36-27(25)29(33)30(28)20-12-4-1-5-13-20/h1-19,25-27H/t25-,26+,27+/m0/s1. The van der Waals surface area contributed by atoms with Crippen LogP contribution in [-0.2, 0) is 24.5 Å². The Balaban J connectivity index is 1.45. The van der Waals surface area contributed by atoms with Crippen LogP contribution in [0.15, 0.2) is 120 Å². The summed E-state index contributed by atoms with van der Waals surface area (Å²) in [5.74, 6) is -1.81. The van der Waals surface area contributed by atoms with Crippen molar-refractivity contribution in [2.75, 3.05) is 9.96 Å². The van der Waals surface area contributed by atoms with Crippen molar-refractivity contribution < 1.29 is 27.0 Å². The molecule has 4 aromatic carbocycles. The highest BCUT2D eigenvalue weighted by Crippen LogP contribution is 2.49. The molecule has 0 aromatic heterocycles. The van der Waals surface area contributed by atoms with Crippen molar-refractivity contribution in [3.05, 3.63) is 121 Å². The largest absolute Gasteiger partial charge is 0.379 e. The van der Waals surface area contributed by atoms with Crippen LogP contribution in [0.3, 0.4) is 0 Å². The van der Waals surface area contributed by atoms with E-state index in [1.807, 2.05) is 18.2 Å². The molecule has 0 N–H and O–H groups in total. The Morgan fingerprint density at radius 1 is 0.658 bits per heavy atom. The second-order valence-electron chi connectivity index (χ2n) is 8.89. The fourth-order valence-electron chi connectivity index (χ4n) is 4.91. The molecule has 2 heterocycles. The van der Waals surface area contributed by atoms with E-state index in [1.54, 1.807) is 78.9 Å². The normalized spacial score (nSPS) is 21.0. The number of nitrogens with zero attached hydrogens (tertiary/aromatic N) is 2. The van der Waals surface area contributed by atoms with E-state index in [4.69, 9.17) is 9.02 Å². The van der Waals surface area contributed by atoms with Gasteiger partial charge in [0.25, 0.3) is 5.91 Å². The molecule has 3 atom stereocenters. The number of amides is 2. The second-order valence-corrected chi connectivity index (χ2v) is 10.4. The van der Waals surface area contributed by atoms with Crippen molar-refractivity contribution in [2.24, 2.45) is 5.92 Å². The minimum absolute atomic E-state index is 0.00218. The molecule has 38 heavy (non-hydrogen) atoms. The average Bonchev–Trinajstić information content (AvgIpc) is 3.46. The number of imide groups is 1. The van der Waals surface area contributed by atoms with Gasteiger partial charge in [-0.2, -0.15) is 8.42 Å². The van der Waals surface area contributed by atoms with E-state index in [2.05, 4.69) is 0 Å². The zero-order chi connectivity index (χ0) is 26.3. The van der Waals surface area contributed by atoms with Crippen LogP contribution < -0.4 is 14.1 Å². The van der Waals surface area contributed by atoms with Gasteiger partial charge in [0.05, 0.1) is 17.4 Å². The molecule has 2 saturated heterocycles. The first-order valence-electron chi connectivity index (χ1n) is 12.0. The van der Waals surface area contributed by atoms with Crippen LogP contribution in [0.2, 0.25) is 0 Å². The van der Waals surface area contributed by atoms with Crippen molar-refractivity contribution in [1.82, 2.24) is 0 Å². The number of hydroxylamine groups is 1. The Kier molecular flexibility index (Phi) is 5.94. The molecular weight excluding hydrogens is 504 g/mol. The predicted octanol–water partition coefficient (Wildman–Crippen LogP) is 4.51. The first-order chi connectivity index (χ1) is 18.5. The van der Waals surface area contributed by atoms with E-state index in [0.717, 1.165) is 4.90 Å². The van der Waals surface area contributed by atoms with E-state index in [0.29, 0.717) is 16.9 Å². The van der Waals surface area contributed by atoms with E-state index < -0.39 is 40.0 Å². The molecule has 0 aliphatic carbocycles. The fourth-order valence-corrected chi connectivity index (χ4v) is 5.89. The van der Waals surface area contributed by atoms with Gasteiger partial charge in [-0.1, -0.05) is 72.8 Å². The van der Waals surface area contributed by atoms with E-state index >= 15 is 0 Å². The Labute approximate surface area is 219 Å². The van der Waals surface area contributed by atoms with Crippen LogP contribution in [0.25, 0.3) is 0 Å².